The van der Waals surface area contributed by atoms with Crippen LogP contribution < -0.4 is 24.8 Å². The first-order valence-electron chi connectivity index (χ1n) is 2.10. The molecule has 0 aromatic carbocycles. The summed E-state index contributed by atoms with van der Waals surface area (Å²) in [6, 6.07) is 0. The van der Waals surface area contributed by atoms with Crippen LogP contribution in [0.3, 0.4) is 0 Å². The summed E-state index contributed by atoms with van der Waals surface area (Å²) >= 11 is 0. The number of rotatable bonds is 0. The fraction of sp³-hybridized carbons (Fsp3) is 0.333. The Kier molecular flexibility index (Phi) is 20.6. The van der Waals surface area contributed by atoms with Crippen LogP contribution in [0.2, 0.25) is 0 Å². The first-order chi connectivity index (χ1) is 3.00. The van der Waals surface area contributed by atoms with Crippen molar-refractivity contribution in [3.63, 3.8) is 0 Å². The van der Waals surface area contributed by atoms with Gasteiger partial charge in [0.15, 0.2) is 0 Å². The maximum Gasteiger partial charge on any atom is 4.00 e. The van der Waals surface area contributed by atoms with E-state index in [4.69, 9.17) is 0 Å². The van der Waals surface area contributed by atoms with Crippen molar-refractivity contribution in [2.24, 2.45) is 0 Å². The van der Waals surface area contributed by atoms with Crippen LogP contribution in [-0.2, 0) is 17.1 Å². The van der Waals surface area contributed by atoms with E-state index < -0.39 is 0 Å². The molecule has 0 aromatic heterocycles. The summed E-state index contributed by atoms with van der Waals surface area (Å²) in [4.78, 5) is 0. The Hall–Kier alpha value is 0.579. The molecule has 0 bridgehead atoms. The monoisotopic (exact) mass is 204 g/mol. The molecule has 0 radical (unpaired) electrons. The number of halogens is 2. The molecule has 0 fully saturated rings. The molecule has 0 nitrogen and oxygen atoms in total. The Labute approximate surface area is 79.1 Å². The van der Waals surface area contributed by atoms with Crippen molar-refractivity contribution in [2.45, 2.75) is 12.8 Å². The first kappa shape index (κ1) is 16.3. The normalized spacial score (nSPS) is 12.4. The fourth-order valence-electron chi connectivity index (χ4n) is 0. The van der Waals surface area contributed by atoms with E-state index >= 15 is 0 Å². The van der Waals surface area contributed by atoms with Crippen molar-refractivity contribution in [1.29, 1.82) is 0 Å². The van der Waals surface area contributed by atoms with Gasteiger partial charge in [0.1, 0.15) is 0 Å². The molecule has 0 heterocycles. The van der Waals surface area contributed by atoms with Crippen LogP contribution in [0.1, 0.15) is 12.8 Å². The second kappa shape index (κ2) is 11.4. The van der Waals surface area contributed by atoms with Crippen LogP contribution in [0.15, 0.2) is 12.2 Å². The van der Waals surface area contributed by atoms with Gasteiger partial charge in [-0.1, -0.05) is 0 Å². The fourth-order valence-corrected chi connectivity index (χ4v) is 0. The zero-order valence-electron chi connectivity index (χ0n) is 4.68. The summed E-state index contributed by atoms with van der Waals surface area (Å²) in [6.45, 7) is 0. The molecule has 0 atom stereocenters. The maximum absolute atomic E-state index is 2.88. The van der Waals surface area contributed by atoms with Crippen LogP contribution in [-0.4, -0.2) is 0 Å². The minimum Gasteiger partial charge on any atom is -1.00 e. The third-order valence-corrected chi connectivity index (χ3v) is 0.408. The summed E-state index contributed by atoms with van der Waals surface area (Å²) in [5, 5.41) is 0. The van der Waals surface area contributed by atoms with Crippen molar-refractivity contribution in [2.75, 3.05) is 0 Å². The molecule has 0 N–H and O–H groups in total. The Morgan fingerprint density at radius 1 is 0.889 bits per heavy atom. The van der Waals surface area contributed by atoms with E-state index in [1.165, 1.54) is 0 Å². The molecule has 2 rings (SSSR count). The standard InChI is InChI=1S/2C3H3.2ClH.Fe/c2*1-2-3-1;;;/h2*1H,2H2;2*1H;/q2*-1;;;+4/p-2. The van der Waals surface area contributed by atoms with Crippen LogP contribution in [0.25, 0.3) is 0 Å². The molecule has 0 amide bonds. The topological polar surface area (TPSA) is 0 Å². The molecule has 0 spiro atoms. The third kappa shape index (κ3) is 55.8. The van der Waals surface area contributed by atoms with Gasteiger partial charge in [-0.3, -0.25) is 12.2 Å². The van der Waals surface area contributed by atoms with E-state index in [1.807, 2.05) is 12.2 Å². The second-order valence-corrected chi connectivity index (χ2v) is 1.22. The largest absolute Gasteiger partial charge is 4.00 e. The van der Waals surface area contributed by atoms with E-state index in [0.29, 0.717) is 0 Å². The summed E-state index contributed by atoms with van der Waals surface area (Å²) < 4.78 is 0. The van der Waals surface area contributed by atoms with Crippen molar-refractivity contribution < 1.29 is 41.9 Å². The Balaban J connectivity index is -0.0000000600. The van der Waals surface area contributed by atoms with Crippen molar-refractivity contribution in [3.8, 4) is 0 Å². The smallest absolute Gasteiger partial charge is 1.00 e. The average Bonchev–Trinajstić information content (AvgIpc) is 2.31. The van der Waals surface area contributed by atoms with Gasteiger partial charge in [-0.05, 0) is 0 Å². The van der Waals surface area contributed by atoms with Gasteiger partial charge in [-0.2, -0.15) is 0 Å². The molecule has 0 unspecified atom stereocenters. The van der Waals surface area contributed by atoms with Crippen LogP contribution in [0.4, 0.5) is 0 Å². The number of hydrogen-bond donors (Lipinski definition) is 0. The summed E-state index contributed by atoms with van der Waals surface area (Å²) in [5.74, 6) is 0. The van der Waals surface area contributed by atoms with Crippen molar-refractivity contribution >= 4 is 0 Å². The predicted molar refractivity (Wildman–Crippen MR) is 24.9 cm³/mol. The second-order valence-electron chi connectivity index (χ2n) is 1.22. The molecule has 3 heteroatoms. The molecule has 0 aromatic rings. The molecular weight excluding hydrogens is 199 g/mol. The van der Waals surface area contributed by atoms with Gasteiger partial charge < -0.3 is 37.0 Å². The van der Waals surface area contributed by atoms with Gasteiger partial charge in [0.2, 0.25) is 0 Å². The maximum atomic E-state index is 2.88. The van der Waals surface area contributed by atoms with Gasteiger partial charge >= 0.3 is 17.1 Å². The van der Waals surface area contributed by atoms with E-state index in [9.17, 15) is 0 Å². The van der Waals surface area contributed by atoms with Gasteiger partial charge in [0.05, 0.1) is 0 Å². The van der Waals surface area contributed by atoms with Gasteiger partial charge in [-0.15, -0.1) is 0 Å². The first-order valence-corrected chi connectivity index (χ1v) is 2.10. The molecule has 2 aliphatic carbocycles. The minimum absolute atomic E-state index is 0. The van der Waals surface area contributed by atoms with Crippen molar-refractivity contribution in [1.82, 2.24) is 0 Å². The minimum atomic E-state index is 0. The van der Waals surface area contributed by atoms with E-state index in [-0.39, 0.29) is 41.9 Å². The molecule has 0 aliphatic heterocycles. The molecule has 0 saturated carbocycles. The van der Waals surface area contributed by atoms with Crippen molar-refractivity contribution in [3.05, 3.63) is 24.3 Å². The van der Waals surface area contributed by atoms with E-state index in [1.54, 1.807) is 0 Å². The zero-order valence-corrected chi connectivity index (χ0v) is 7.29. The molecule has 2 aliphatic rings. The summed E-state index contributed by atoms with van der Waals surface area (Å²) in [7, 11) is 0. The Morgan fingerprint density at radius 3 is 1.00 bits per heavy atom. The quantitative estimate of drug-likeness (QED) is 0.276. The SMILES string of the molecule is [C-]1=CC1.[C-]1=CC1.[Cl-].[Cl-].[Fe+4]. The van der Waals surface area contributed by atoms with E-state index in [0.717, 1.165) is 12.8 Å². The van der Waals surface area contributed by atoms with Crippen LogP contribution in [0.5, 0.6) is 0 Å². The number of hydrogen-bond acceptors (Lipinski definition) is 0. The number of allylic oxidation sites excluding steroid dienone is 4. The molecule has 52 valence electrons. The molecular formula is C6H6Cl2Fe. The summed E-state index contributed by atoms with van der Waals surface area (Å²) in [6.07, 6.45) is 12.0. The van der Waals surface area contributed by atoms with Gasteiger partial charge in [0.25, 0.3) is 0 Å². The van der Waals surface area contributed by atoms with E-state index in [2.05, 4.69) is 12.2 Å². The zero-order chi connectivity index (χ0) is 4.24. The van der Waals surface area contributed by atoms with Crippen LogP contribution >= 0.6 is 0 Å². The summed E-state index contributed by atoms with van der Waals surface area (Å²) in [5.41, 5.74) is 0. The Morgan fingerprint density at radius 2 is 1.00 bits per heavy atom. The molecule has 9 heavy (non-hydrogen) atoms. The van der Waals surface area contributed by atoms with Gasteiger partial charge in [0, 0.05) is 0 Å². The predicted octanol–water partition coefficient (Wildman–Crippen LogP) is -4.50. The Bertz CT molecular complexity index is 69.1. The van der Waals surface area contributed by atoms with Gasteiger partial charge in [-0.25, -0.2) is 12.8 Å². The third-order valence-electron chi connectivity index (χ3n) is 0.408. The molecule has 0 saturated heterocycles. The average molecular weight is 205 g/mol. The van der Waals surface area contributed by atoms with Crippen LogP contribution in [0, 0.1) is 12.2 Å².